The summed E-state index contributed by atoms with van der Waals surface area (Å²) in [5, 5.41) is 11.1. The van der Waals surface area contributed by atoms with Gasteiger partial charge in [0.15, 0.2) is 0 Å². The summed E-state index contributed by atoms with van der Waals surface area (Å²) >= 11 is 3.41. The van der Waals surface area contributed by atoms with E-state index in [9.17, 15) is 10.1 Å². The normalized spacial score (nSPS) is 10.8. The fourth-order valence-electron chi connectivity index (χ4n) is 2.11. The SMILES string of the molecule is O=[N+]([O-])c1ccccc1-c1cc2ccc(Br)cn2c1. The van der Waals surface area contributed by atoms with Crippen LogP contribution in [-0.4, -0.2) is 9.32 Å². The molecule has 2 heterocycles. The molecular formula is C14H9BrN2O2. The Labute approximate surface area is 117 Å². The Bertz CT molecular complexity index is 780. The van der Waals surface area contributed by atoms with Crippen LogP contribution in [0.25, 0.3) is 16.6 Å². The van der Waals surface area contributed by atoms with Gasteiger partial charge in [0, 0.05) is 34.0 Å². The van der Waals surface area contributed by atoms with Crippen molar-refractivity contribution < 1.29 is 4.92 Å². The maximum Gasteiger partial charge on any atom is 0.277 e. The van der Waals surface area contributed by atoms with Gasteiger partial charge < -0.3 is 4.40 Å². The van der Waals surface area contributed by atoms with Crippen LogP contribution in [0.2, 0.25) is 0 Å². The van der Waals surface area contributed by atoms with Crippen molar-refractivity contribution in [2.45, 2.75) is 0 Å². The second-order valence-electron chi connectivity index (χ2n) is 4.18. The summed E-state index contributed by atoms with van der Waals surface area (Å²) in [4.78, 5) is 10.7. The monoisotopic (exact) mass is 316 g/mol. The van der Waals surface area contributed by atoms with E-state index in [0.29, 0.717) is 5.56 Å². The van der Waals surface area contributed by atoms with Gasteiger partial charge in [-0.3, -0.25) is 10.1 Å². The summed E-state index contributed by atoms with van der Waals surface area (Å²) in [5.41, 5.74) is 2.59. The molecule has 19 heavy (non-hydrogen) atoms. The van der Waals surface area contributed by atoms with Crippen molar-refractivity contribution in [1.29, 1.82) is 0 Å². The van der Waals surface area contributed by atoms with E-state index in [1.54, 1.807) is 18.2 Å². The van der Waals surface area contributed by atoms with Gasteiger partial charge in [0.2, 0.25) is 0 Å². The summed E-state index contributed by atoms with van der Waals surface area (Å²) < 4.78 is 2.90. The number of para-hydroxylation sites is 1. The maximum absolute atomic E-state index is 11.1. The first-order chi connectivity index (χ1) is 9.15. The molecule has 0 aliphatic carbocycles. The molecule has 0 amide bonds. The lowest BCUT2D eigenvalue weighted by Crippen LogP contribution is -1.90. The van der Waals surface area contributed by atoms with E-state index >= 15 is 0 Å². The van der Waals surface area contributed by atoms with Crippen LogP contribution in [0.15, 0.2) is 59.3 Å². The van der Waals surface area contributed by atoms with Gasteiger partial charge in [0.1, 0.15) is 0 Å². The molecule has 0 saturated heterocycles. The Hall–Kier alpha value is -2.14. The molecule has 0 fully saturated rings. The molecule has 3 aromatic rings. The molecule has 0 unspecified atom stereocenters. The van der Waals surface area contributed by atoms with Crippen LogP contribution in [0.4, 0.5) is 5.69 Å². The number of nitro benzene ring substituents is 1. The number of halogens is 1. The predicted molar refractivity (Wildman–Crippen MR) is 77.2 cm³/mol. The van der Waals surface area contributed by atoms with E-state index < -0.39 is 0 Å². The largest absolute Gasteiger partial charge is 0.322 e. The average Bonchev–Trinajstić information content (AvgIpc) is 2.81. The van der Waals surface area contributed by atoms with Crippen LogP contribution in [0.1, 0.15) is 0 Å². The van der Waals surface area contributed by atoms with Crippen molar-refractivity contribution >= 4 is 27.1 Å². The Balaban J connectivity index is 2.22. The van der Waals surface area contributed by atoms with Crippen molar-refractivity contribution in [2.75, 3.05) is 0 Å². The van der Waals surface area contributed by atoms with E-state index in [1.807, 2.05) is 35.0 Å². The molecule has 0 bridgehead atoms. The van der Waals surface area contributed by atoms with E-state index in [2.05, 4.69) is 15.9 Å². The molecular weight excluding hydrogens is 308 g/mol. The van der Waals surface area contributed by atoms with Crippen LogP contribution in [0.5, 0.6) is 0 Å². The smallest absolute Gasteiger partial charge is 0.277 e. The second-order valence-corrected chi connectivity index (χ2v) is 5.10. The first kappa shape index (κ1) is 11.9. The number of rotatable bonds is 2. The highest BCUT2D eigenvalue weighted by Gasteiger charge is 2.15. The fourth-order valence-corrected chi connectivity index (χ4v) is 2.46. The zero-order valence-corrected chi connectivity index (χ0v) is 11.4. The molecule has 0 aliphatic rings. The lowest BCUT2D eigenvalue weighted by Gasteiger charge is -1.98. The Kier molecular flexibility index (Phi) is 2.83. The Morgan fingerprint density at radius 1 is 1.11 bits per heavy atom. The summed E-state index contributed by atoms with van der Waals surface area (Å²) in [5.74, 6) is 0. The number of pyridine rings is 1. The Morgan fingerprint density at radius 3 is 2.68 bits per heavy atom. The lowest BCUT2D eigenvalue weighted by atomic mass is 10.1. The summed E-state index contributed by atoms with van der Waals surface area (Å²) in [7, 11) is 0. The molecule has 3 rings (SSSR count). The second kappa shape index (κ2) is 4.51. The minimum atomic E-state index is -0.354. The molecule has 0 radical (unpaired) electrons. The molecule has 0 aliphatic heterocycles. The van der Waals surface area contributed by atoms with Crippen molar-refractivity contribution in [3.63, 3.8) is 0 Å². The highest BCUT2D eigenvalue weighted by Crippen LogP contribution is 2.31. The van der Waals surface area contributed by atoms with E-state index in [4.69, 9.17) is 0 Å². The molecule has 0 N–H and O–H groups in total. The molecule has 0 atom stereocenters. The topological polar surface area (TPSA) is 47.5 Å². The molecule has 0 saturated carbocycles. The fraction of sp³-hybridized carbons (Fsp3) is 0. The minimum absolute atomic E-state index is 0.123. The van der Waals surface area contributed by atoms with E-state index in [0.717, 1.165) is 15.6 Å². The molecule has 5 heteroatoms. The highest BCUT2D eigenvalue weighted by molar-refractivity contribution is 9.10. The molecule has 94 valence electrons. The summed E-state index contributed by atoms with van der Waals surface area (Å²) in [6, 6.07) is 12.6. The van der Waals surface area contributed by atoms with Crippen LogP contribution >= 0.6 is 15.9 Å². The van der Waals surface area contributed by atoms with Gasteiger partial charge in [-0.05, 0) is 40.2 Å². The summed E-state index contributed by atoms with van der Waals surface area (Å²) in [6.45, 7) is 0. The zero-order chi connectivity index (χ0) is 13.4. The standard InChI is InChI=1S/C14H9BrN2O2/c15-11-5-6-12-7-10(8-16(12)9-11)13-3-1-2-4-14(13)17(18)19/h1-9H. The van der Waals surface area contributed by atoms with Crippen molar-refractivity contribution in [1.82, 2.24) is 4.40 Å². The molecule has 4 nitrogen and oxygen atoms in total. The zero-order valence-electron chi connectivity index (χ0n) is 9.79. The van der Waals surface area contributed by atoms with Crippen molar-refractivity contribution in [2.24, 2.45) is 0 Å². The van der Waals surface area contributed by atoms with Gasteiger partial charge in [-0.1, -0.05) is 12.1 Å². The number of nitro groups is 1. The predicted octanol–water partition coefficient (Wildman–Crippen LogP) is 4.28. The van der Waals surface area contributed by atoms with Crippen molar-refractivity contribution in [3.05, 3.63) is 69.4 Å². The third kappa shape index (κ3) is 2.13. The van der Waals surface area contributed by atoms with Gasteiger partial charge >= 0.3 is 0 Å². The number of benzene rings is 1. The molecule has 1 aromatic carbocycles. The number of fused-ring (bicyclic) bond motifs is 1. The van der Waals surface area contributed by atoms with Gasteiger partial charge in [-0.2, -0.15) is 0 Å². The van der Waals surface area contributed by atoms with Gasteiger partial charge in [0.25, 0.3) is 5.69 Å². The van der Waals surface area contributed by atoms with E-state index in [1.165, 1.54) is 6.07 Å². The van der Waals surface area contributed by atoms with Gasteiger partial charge in [-0.15, -0.1) is 0 Å². The van der Waals surface area contributed by atoms with E-state index in [-0.39, 0.29) is 10.6 Å². The van der Waals surface area contributed by atoms with Crippen LogP contribution in [0, 0.1) is 10.1 Å². The number of hydrogen-bond donors (Lipinski definition) is 0. The molecule has 2 aromatic heterocycles. The Morgan fingerprint density at radius 2 is 1.89 bits per heavy atom. The summed E-state index contributed by atoms with van der Waals surface area (Å²) in [6.07, 6.45) is 3.82. The van der Waals surface area contributed by atoms with Crippen LogP contribution in [-0.2, 0) is 0 Å². The van der Waals surface area contributed by atoms with Crippen LogP contribution in [0.3, 0.4) is 0 Å². The number of nitrogens with zero attached hydrogens (tertiary/aromatic N) is 2. The molecule has 0 spiro atoms. The number of aromatic nitrogens is 1. The average molecular weight is 317 g/mol. The number of hydrogen-bond acceptors (Lipinski definition) is 2. The van der Waals surface area contributed by atoms with Gasteiger partial charge in [-0.25, -0.2) is 0 Å². The minimum Gasteiger partial charge on any atom is -0.322 e. The van der Waals surface area contributed by atoms with Gasteiger partial charge in [0.05, 0.1) is 10.5 Å². The first-order valence-corrected chi connectivity index (χ1v) is 6.45. The quantitative estimate of drug-likeness (QED) is 0.523. The third-order valence-corrected chi connectivity index (χ3v) is 3.44. The lowest BCUT2D eigenvalue weighted by molar-refractivity contribution is -0.384. The van der Waals surface area contributed by atoms with Crippen molar-refractivity contribution in [3.8, 4) is 11.1 Å². The highest BCUT2D eigenvalue weighted by atomic mass is 79.9. The maximum atomic E-state index is 11.1. The third-order valence-electron chi connectivity index (χ3n) is 2.97. The first-order valence-electron chi connectivity index (χ1n) is 5.66. The van der Waals surface area contributed by atoms with Crippen LogP contribution < -0.4 is 0 Å².